The van der Waals surface area contributed by atoms with Crippen LogP contribution in [0.3, 0.4) is 0 Å². The van der Waals surface area contributed by atoms with Gasteiger partial charge in [-0.3, -0.25) is 9.80 Å². The highest BCUT2D eigenvalue weighted by Gasteiger charge is 2.48. The van der Waals surface area contributed by atoms with Gasteiger partial charge in [0.05, 0.1) is 39.9 Å². The minimum absolute atomic E-state index is 0.0976. The van der Waals surface area contributed by atoms with Crippen molar-refractivity contribution in [2.24, 2.45) is 0 Å². The van der Waals surface area contributed by atoms with Crippen LogP contribution in [-0.2, 0) is 4.74 Å². The number of hydrogen-bond donors (Lipinski definition) is 0. The van der Waals surface area contributed by atoms with E-state index in [-0.39, 0.29) is 22.2 Å². The molecule has 1 aromatic heterocycles. The normalized spacial score (nSPS) is 24.6. The molecule has 3 aliphatic rings. The predicted molar refractivity (Wildman–Crippen MR) is 188 cm³/mol. The van der Waals surface area contributed by atoms with Gasteiger partial charge in [-0.05, 0) is 109 Å². The highest BCUT2D eigenvalue weighted by atomic mass is 16.5. The third-order valence-corrected chi connectivity index (χ3v) is 12.2. The molecule has 3 fully saturated rings. The zero-order chi connectivity index (χ0) is 33.4. The number of aryl methyl sites for hydroxylation is 1. The molecule has 0 saturated carbocycles. The van der Waals surface area contributed by atoms with E-state index in [4.69, 9.17) is 19.7 Å². The van der Waals surface area contributed by atoms with E-state index in [1.54, 1.807) is 0 Å². The second-order valence-corrected chi connectivity index (χ2v) is 17.7. The van der Waals surface area contributed by atoms with Crippen molar-refractivity contribution in [1.29, 1.82) is 0 Å². The molecule has 0 radical (unpaired) electrons. The Bertz CT molecular complexity index is 1090. The summed E-state index contributed by atoms with van der Waals surface area (Å²) in [5, 5.41) is 0. The smallest absolute Gasteiger partial charge is 0.230 e. The lowest BCUT2D eigenvalue weighted by molar-refractivity contribution is -0.918. The van der Waals surface area contributed by atoms with Crippen molar-refractivity contribution < 1.29 is 9.22 Å². The van der Waals surface area contributed by atoms with E-state index in [9.17, 15) is 0 Å². The molecule has 4 rings (SSSR count). The van der Waals surface area contributed by atoms with E-state index < -0.39 is 0 Å². The van der Waals surface area contributed by atoms with Crippen molar-refractivity contribution in [3.8, 4) is 0 Å². The summed E-state index contributed by atoms with van der Waals surface area (Å²) in [6.45, 7) is 26.6. The maximum Gasteiger partial charge on any atom is 0.230 e. The van der Waals surface area contributed by atoms with Crippen LogP contribution < -0.4 is 9.80 Å². The molecule has 0 atom stereocenters. The second-order valence-electron chi connectivity index (χ2n) is 17.7. The predicted octanol–water partition coefficient (Wildman–Crippen LogP) is 5.76. The Morgan fingerprint density at radius 1 is 0.733 bits per heavy atom. The average molecular weight is 630 g/mol. The van der Waals surface area contributed by atoms with Crippen molar-refractivity contribution in [2.45, 2.75) is 148 Å². The number of hydrogen-bond acceptors (Lipinski definition) is 8. The SMILES string of the molecule is Cc1nc(N2CCOCC2)nc(N(CCCCCC[N+](C)(C)C2CC(C)(C)N(C)C(C)(C)C2)C2CC(C)(C)N(C)C(C)(C)C2)n1. The van der Waals surface area contributed by atoms with Gasteiger partial charge in [0.25, 0.3) is 0 Å². The molecule has 45 heavy (non-hydrogen) atoms. The summed E-state index contributed by atoms with van der Waals surface area (Å²) >= 11 is 0. The second kappa shape index (κ2) is 13.5. The number of piperidine rings is 2. The first-order valence-corrected chi connectivity index (χ1v) is 17.9. The van der Waals surface area contributed by atoms with Gasteiger partial charge < -0.3 is 19.0 Å². The monoisotopic (exact) mass is 630 g/mol. The first-order valence-electron chi connectivity index (χ1n) is 17.9. The molecule has 0 aromatic carbocycles. The lowest BCUT2D eigenvalue weighted by Crippen LogP contribution is -2.65. The third kappa shape index (κ3) is 8.49. The molecule has 9 heteroatoms. The molecule has 3 saturated heterocycles. The minimum atomic E-state index is 0.0976. The van der Waals surface area contributed by atoms with Crippen molar-refractivity contribution in [2.75, 3.05) is 77.4 Å². The zero-order valence-electron chi connectivity index (χ0n) is 31.5. The largest absolute Gasteiger partial charge is 0.378 e. The zero-order valence-corrected chi connectivity index (χ0v) is 31.5. The Balaban J connectivity index is 1.42. The standard InChI is InChI=1S/C36H69N8O/c1-28-37-31(42-19-22-45-23-20-42)39-32(38-28)43(29-24-33(2,3)40(10)34(4,5)25-29)18-16-14-15-17-21-44(12,13)30-26-35(6,7)41(11)36(8,9)27-30/h29-30H,14-27H2,1-13H3/q+1. The average Bonchev–Trinajstić information content (AvgIpc) is 2.93. The van der Waals surface area contributed by atoms with Crippen LogP contribution in [0.25, 0.3) is 0 Å². The Morgan fingerprint density at radius 3 is 1.80 bits per heavy atom. The molecule has 0 amide bonds. The Hall–Kier alpha value is -1.55. The number of rotatable bonds is 11. The molecule has 0 aliphatic carbocycles. The highest BCUT2D eigenvalue weighted by molar-refractivity contribution is 5.41. The van der Waals surface area contributed by atoms with E-state index >= 15 is 0 Å². The molecule has 1 aromatic rings. The maximum absolute atomic E-state index is 5.61. The van der Waals surface area contributed by atoms with Crippen LogP contribution in [0, 0.1) is 6.92 Å². The number of aromatic nitrogens is 3. The van der Waals surface area contributed by atoms with Crippen molar-refractivity contribution in [3.63, 3.8) is 0 Å². The molecule has 0 N–H and O–H groups in total. The van der Waals surface area contributed by atoms with E-state index in [1.807, 2.05) is 6.92 Å². The van der Waals surface area contributed by atoms with Crippen LogP contribution in [0.1, 0.15) is 113 Å². The van der Waals surface area contributed by atoms with Gasteiger partial charge in [-0.2, -0.15) is 15.0 Å². The van der Waals surface area contributed by atoms with Crippen LogP contribution >= 0.6 is 0 Å². The van der Waals surface area contributed by atoms with Crippen LogP contribution in [0.15, 0.2) is 0 Å². The van der Waals surface area contributed by atoms with Crippen LogP contribution in [-0.4, -0.2) is 131 Å². The fourth-order valence-electron chi connectivity index (χ4n) is 8.62. The molecular weight excluding hydrogens is 560 g/mol. The van der Waals surface area contributed by atoms with Gasteiger partial charge in [-0.1, -0.05) is 6.42 Å². The van der Waals surface area contributed by atoms with Gasteiger partial charge in [0, 0.05) is 60.7 Å². The van der Waals surface area contributed by atoms with E-state index in [1.165, 1.54) is 38.6 Å². The Labute approximate surface area is 276 Å². The van der Waals surface area contributed by atoms with Crippen molar-refractivity contribution in [1.82, 2.24) is 24.8 Å². The van der Waals surface area contributed by atoms with Crippen molar-refractivity contribution in [3.05, 3.63) is 5.82 Å². The molecule has 4 heterocycles. The first-order chi connectivity index (χ1) is 20.8. The molecule has 258 valence electrons. The van der Waals surface area contributed by atoms with Crippen LogP contribution in [0.5, 0.6) is 0 Å². The summed E-state index contributed by atoms with van der Waals surface area (Å²) in [7, 11) is 9.55. The van der Waals surface area contributed by atoms with Crippen LogP contribution in [0.4, 0.5) is 11.9 Å². The number of morpholine rings is 1. The molecule has 9 nitrogen and oxygen atoms in total. The quantitative estimate of drug-likeness (QED) is 0.226. The highest BCUT2D eigenvalue weighted by Crippen LogP contribution is 2.41. The van der Waals surface area contributed by atoms with Gasteiger partial charge in [-0.25, -0.2) is 0 Å². The van der Waals surface area contributed by atoms with Gasteiger partial charge in [0.2, 0.25) is 11.9 Å². The Kier molecular flexibility index (Phi) is 10.9. The van der Waals surface area contributed by atoms with Gasteiger partial charge in [-0.15, -0.1) is 0 Å². The van der Waals surface area contributed by atoms with E-state index in [0.717, 1.165) is 74.3 Å². The summed E-state index contributed by atoms with van der Waals surface area (Å²) in [6, 6.07) is 1.09. The molecule has 0 spiro atoms. The third-order valence-electron chi connectivity index (χ3n) is 12.2. The van der Waals surface area contributed by atoms with Crippen molar-refractivity contribution >= 4 is 11.9 Å². The summed E-state index contributed by atoms with van der Waals surface area (Å²) in [5.74, 6) is 2.46. The number of anilines is 2. The fourth-order valence-corrected chi connectivity index (χ4v) is 8.62. The number of likely N-dealkylation sites (tertiary alicyclic amines) is 2. The first kappa shape index (κ1) is 36.3. The number of nitrogens with zero attached hydrogens (tertiary/aromatic N) is 8. The number of unbranched alkanes of at least 4 members (excludes halogenated alkanes) is 3. The topological polar surface area (TPSA) is 60.9 Å². The summed E-state index contributed by atoms with van der Waals surface area (Å²) in [5.41, 5.74) is 0.662. The van der Waals surface area contributed by atoms with Gasteiger partial charge >= 0.3 is 0 Å². The number of quaternary nitrogens is 1. The lowest BCUT2D eigenvalue weighted by Gasteiger charge is -2.56. The summed E-state index contributed by atoms with van der Waals surface area (Å²) < 4.78 is 6.74. The van der Waals surface area contributed by atoms with Crippen LogP contribution in [0.2, 0.25) is 0 Å². The molecule has 3 aliphatic heterocycles. The summed E-state index contributed by atoms with van der Waals surface area (Å²) in [6.07, 6.45) is 9.66. The molecule has 0 unspecified atom stereocenters. The molecule has 0 bridgehead atoms. The minimum Gasteiger partial charge on any atom is -0.378 e. The maximum atomic E-state index is 5.61. The fraction of sp³-hybridized carbons (Fsp3) is 0.917. The van der Waals surface area contributed by atoms with Gasteiger partial charge in [0.1, 0.15) is 5.82 Å². The number of ether oxygens (including phenoxy) is 1. The summed E-state index contributed by atoms with van der Waals surface area (Å²) in [4.78, 5) is 24.9. The van der Waals surface area contributed by atoms with Gasteiger partial charge in [0.15, 0.2) is 0 Å². The molecular formula is C36H69N8O+. The van der Waals surface area contributed by atoms with E-state index in [0.29, 0.717) is 12.1 Å². The Morgan fingerprint density at radius 2 is 1.24 bits per heavy atom. The van der Waals surface area contributed by atoms with E-state index in [2.05, 4.69) is 103 Å². The lowest BCUT2D eigenvalue weighted by atomic mass is 9.76.